The molecule has 1 fully saturated rings. The first-order valence-electron chi connectivity index (χ1n) is 12.7. The van der Waals surface area contributed by atoms with E-state index in [1.54, 1.807) is 54.6 Å². The quantitative estimate of drug-likeness (QED) is 0.280. The van der Waals surface area contributed by atoms with Crippen LogP contribution in [0.2, 0.25) is 0 Å². The molecule has 0 bridgehead atoms. The third kappa shape index (κ3) is 18.6. The smallest absolute Gasteiger partial charge is 0.503 e. The number of rotatable bonds is 0. The topological polar surface area (TPSA) is 115 Å². The number of carboxylic acid groups (broad SMARTS) is 2. The van der Waals surface area contributed by atoms with Gasteiger partial charge in [0, 0.05) is 6.42 Å². The molecule has 206 valence electrons. The van der Waals surface area contributed by atoms with E-state index in [2.05, 4.69) is 34.6 Å². The first-order valence-corrected chi connectivity index (χ1v) is 12.7. The maximum absolute atomic E-state index is 11.0. The summed E-state index contributed by atoms with van der Waals surface area (Å²) in [6, 6.07) is 17.4. The lowest BCUT2D eigenvalue weighted by atomic mass is 9.70. The number of benzene rings is 2. The summed E-state index contributed by atoms with van der Waals surface area (Å²) in [7, 11) is 0. The molecule has 1 saturated carbocycles. The fourth-order valence-electron chi connectivity index (χ4n) is 4.19. The summed E-state index contributed by atoms with van der Waals surface area (Å²) in [5, 5.41) is 31.2. The minimum Gasteiger partial charge on any atom is -0.508 e. The van der Waals surface area contributed by atoms with Crippen molar-refractivity contribution in [3.63, 3.8) is 0 Å². The van der Waals surface area contributed by atoms with Gasteiger partial charge >= 0.3 is 6.16 Å². The molecule has 4 rings (SSSR count). The van der Waals surface area contributed by atoms with E-state index in [1.165, 1.54) is 31.3 Å². The van der Waals surface area contributed by atoms with Crippen LogP contribution >= 0.6 is 0 Å². The molecule has 2 aliphatic carbocycles. The number of phenolic OH excluding ortho intramolecular Hbond substituents is 2. The highest BCUT2D eigenvalue weighted by molar-refractivity contribution is 5.91. The van der Waals surface area contributed by atoms with E-state index in [1.807, 2.05) is 19.1 Å². The van der Waals surface area contributed by atoms with Crippen LogP contribution in [0.3, 0.4) is 0 Å². The van der Waals surface area contributed by atoms with Gasteiger partial charge in [-0.25, -0.2) is 4.79 Å². The molecular weight excluding hydrogens is 468 g/mol. The van der Waals surface area contributed by atoms with E-state index in [4.69, 9.17) is 25.2 Å². The van der Waals surface area contributed by atoms with Crippen LogP contribution in [0.25, 0.3) is 0 Å². The van der Waals surface area contributed by atoms with Crippen molar-refractivity contribution in [3.8, 4) is 11.5 Å². The Kier molecular flexibility index (Phi) is 15.7. The number of para-hydroxylation sites is 2. The highest BCUT2D eigenvalue weighted by atomic mass is 16.6. The van der Waals surface area contributed by atoms with E-state index in [9.17, 15) is 4.79 Å². The van der Waals surface area contributed by atoms with Gasteiger partial charge in [0.2, 0.25) is 0 Å². The standard InChI is InChI=1S/C9H14O.C9H18.2C6H6O.CH2O3/c1-7-4-8(10)6-9(2,3)5-7;1-8-6-4-5-7-9(8,2)3;2*7-6-4-2-1-3-5-6;2-1(3)4/h4H,5-6H2,1-3H3;8H,4-7H2,1-3H3;2*1-5,7H;(H2,2,3,4). The molecule has 0 spiro atoms. The molecule has 0 amide bonds. The predicted molar refractivity (Wildman–Crippen MR) is 150 cm³/mol. The van der Waals surface area contributed by atoms with E-state index < -0.39 is 6.16 Å². The van der Waals surface area contributed by atoms with Crippen LogP contribution in [0, 0.1) is 16.7 Å². The maximum atomic E-state index is 11.0. The summed E-state index contributed by atoms with van der Waals surface area (Å²) >= 11 is 0. The number of allylic oxidation sites excluding steroid dienone is 2. The zero-order chi connectivity index (χ0) is 28.5. The highest BCUT2D eigenvalue weighted by Crippen LogP contribution is 2.39. The van der Waals surface area contributed by atoms with Gasteiger partial charge in [-0.1, -0.05) is 95.9 Å². The molecule has 6 heteroatoms. The number of hydrogen-bond donors (Lipinski definition) is 4. The second-order valence-corrected chi connectivity index (χ2v) is 11.1. The van der Waals surface area contributed by atoms with Gasteiger partial charge in [-0.05, 0) is 66.9 Å². The predicted octanol–water partition coefficient (Wildman–Crippen LogP) is 8.55. The van der Waals surface area contributed by atoms with E-state index in [0.717, 1.165) is 12.3 Å². The molecule has 2 aliphatic rings. The lowest BCUT2D eigenvalue weighted by Gasteiger charge is -2.36. The number of aromatic hydroxyl groups is 2. The number of carbonyl (C=O) groups is 2. The molecule has 0 aromatic heterocycles. The monoisotopic (exact) mass is 514 g/mol. The Morgan fingerprint density at radius 3 is 1.49 bits per heavy atom. The Morgan fingerprint density at radius 1 is 0.811 bits per heavy atom. The van der Waals surface area contributed by atoms with Crippen molar-refractivity contribution >= 4 is 11.9 Å². The van der Waals surface area contributed by atoms with Gasteiger partial charge in [0.25, 0.3) is 0 Å². The van der Waals surface area contributed by atoms with Crippen molar-refractivity contribution in [3.05, 3.63) is 72.3 Å². The van der Waals surface area contributed by atoms with Crippen LogP contribution in [-0.4, -0.2) is 32.4 Å². The second kappa shape index (κ2) is 17.2. The summed E-state index contributed by atoms with van der Waals surface area (Å²) in [6.45, 7) is 13.5. The molecule has 37 heavy (non-hydrogen) atoms. The Morgan fingerprint density at radius 2 is 1.24 bits per heavy atom. The molecule has 0 heterocycles. The Hall–Kier alpha value is -3.28. The molecule has 1 atom stereocenters. The fraction of sp³-hybridized carbons (Fsp3) is 0.484. The Labute approximate surface area is 222 Å². The van der Waals surface area contributed by atoms with Crippen molar-refractivity contribution in [1.29, 1.82) is 0 Å². The molecule has 0 aliphatic heterocycles. The van der Waals surface area contributed by atoms with Gasteiger partial charge in [0.1, 0.15) is 11.5 Å². The molecule has 2 aromatic rings. The van der Waals surface area contributed by atoms with Crippen LogP contribution in [0.15, 0.2) is 72.3 Å². The van der Waals surface area contributed by atoms with Gasteiger partial charge in [0.05, 0.1) is 0 Å². The number of hydrogen-bond acceptors (Lipinski definition) is 4. The third-order valence-corrected chi connectivity index (χ3v) is 6.37. The van der Waals surface area contributed by atoms with Crippen molar-refractivity contribution < 1.29 is 30.0 Å². The average molecular weight is 515 g/mol. The first-order chi connectivity index (χ1) is 17.1. The highest BCUT2D eigenvalue weighted by Gasteiger charge is 2.28. The van der Waals surface area contributed by atoms with Crippen molar-refractivity contribution in [2.24, 2.45) is 16.7 Å². The molecule has 2 aromatic carbocycles. The van der Waals surface area contributed by atoms with Gasteiger partial charge in [0.15, 0.2) is 5.78 Å². The zero-order valence-corrected chi connectivity index (χ0v) is 23.3. The summed E-state index contributed by atoms with van der Waals surface area (Å²) in [4.78, 5) is 19.6. The first kappa shape index (κ1) is 33.7. The largest absolute Gasteiger partial charge is 0.508 e. The van der Waals surface area contributed by atoms with Gasteiger partial charge in [-0.3, -0.25) is 4.79 Å². The SMILES string of the molecule is CC1=CC(=O)CC(C)(C)C1.CC1CCCCC1(C)C.O=C(O)O.Oc1ccccc1.Oc1ccccc1. The Bertz CT molecular complexity index is 891. The zero-order valence-electron chi connectivity index (χ0n) is 23.3. The van der Waals surface area contributed by atoms with Crippen LogP contribution in [-0.2, 0) is 4.79 Å². The second-order valence-electron chi connectivity index (χ2n) is 11.1. The molecule has 0 saturated heterocycles. The third-order valence-electron chi connectivity index (χ3n) is 6.37. The van der Waals surface area contributed by atoms with Gasteiger partial charge in [-0.2, -0.15) is 0 Å². The average Bonchev–Trinajstić information content (AvgIpc) is 2.76. The molecule has 0 radical (unpaired) electrons. The van der Waals surface area contributed by atoms with E-state index in [-0.39, 0.29) is 11.2 Å². The van der Waals surface area contributed by atoms with Crippen LogP contribution in [0.5, 0.6) is 11.5 Å². The lowest BCUT2D eigenvalue weighted by molar-refractivity contribution is -0.117. The molecular formula is C31H46O6. The summed E-state index contributed by atoms with van der Waals surface area (Å²) < 4.78 is 0. The van der Waals surface area contributed by atoms with Crippen molar-refractivity contribution in [2.45, 2.75) is 80.1 Å². The minimum atomic E-state index is -1.83. The Balaban J connectivity index is 0.000000450. The van der Waals surface area contributed by atoms with E-state index in [0.29, 0.717) is 23.3 Å². The maximum Gasteiger partial charge on any atom is 0.503 e. The minimum absolute atomic E-state index is 0.204. The van der Waals surface area contributed by atoms with Gasteiger partial charge in [-0.15, -0.1) is 0 Å². The van der Waals surface area contributed by atoms with Crippen LogP contribution < -0.4 is 0 Å². The molecule has 4 N–H and O–H groups in total. The number of carbonyl (C=O) groups excluding carboxylic acids is 1. The molecule has 1 unspecified atom stereocenters. The fourth-order valence-corrected chi connectivity index (χ4v) is 4.19. The number of ketones is 1. The van der Waals surface area contributed by atoms with E-state index >= 15 is 0 Å². The molecule has 6 nitrogen and oxygen atoms in total. The number of phenols is 2. The van der Waals surface area contributed by atoms with Crippen LogP contribution in [0.4, 0.5) is 4.79 Å². The lowest BCUT2D eigenvalue weighted by Crippen LogP contribution is -2.24. The summed E-state index contributed by atoms with van der Waals surface area (Å²) in [5.41, 5.74) is 2.06. The van der Waals surface area contributed by atoms with Crippen molar-refractivity contribution in [2.75, 3.05) is 0 Å². The van der Waals surface area contributed by atoms with Crippen molar-refractivity contribution in [1.82, 2.24) is 0 Å². The summed E-state index contributed by atoms with van der Waals surface area (Å²) in [6.07, 6.45) is 7.53. The van der Waals surface area contributed by atoms with Crippen LogP contribution in [0.1, 0.15) is 80.1 Å². The normalized spacial score (nSPS) is 18.8. The van der Waals surface area contributed by atoms with Gasteiger partial charge < -0.3 is 20.4 Å². The summed E-state index contributed by atoms with van der Waals surface area (Å²) in [5.74, 6) is 1.88.